The molecular weight excluding hydrogens is 164 g/mol. The lowest BCUT2D eigenvalue weighted by atomic mass is 10.1. The third kappa shape index (κ3) is 5.01. The molecule has 68 valence electrons. The fourth-order valence-electron chi connectivity index (χ4n) is 0.613. The zero-order chi connectivity index (χ0) is 9.07. The molecule has 0 aliphatic rings. The van der Waals surface area contributed by atoms with Crippen molar-refractivity contribution in [3.63, 3.8) is 0 Å². The summed E-state index contributed by atoms with van der Waals surface area (Å²) in [4.78, 5) is 0. The quantitative estimate of drug-likeness (QED) is 0.649. The summed E-state index contributed by atoms with van der Waals surface area (Å²) in [7, 11) is 0. The maximum Gasteiger partial charge on any atom is 0.391 e. The minimum absolute atomic E-state index is 0.00273. The minimum atomic E-state index is -4.53. The summed E-state index contributed by atoms with van der Waals surface area (Å²) < 4.78 is 46.7. The van der Waals surface area contributed by atoms with E-state index in [4.69, 9.17) is 5.11 Å². The molecule has 0 aliphatic carbocycles. The van der Waals surface area contributed by atoms with Crippen LogP contribution in [0.15, 0.2) is 0 Å². The molecule has 0 rings (SSSR count). The number of halogens is 4. The van der Waals surface area contributed by atoms with Gasteiger partial charge in [0.1, 0.15) is 6.17 Å². The highest BCUT2D eigenvalue weighted by Gasteiger charge is 2.34. The molecule has 11 heavy (non-hydrogen) atoms. The standard InChI is InChI=1S/C6H10F4O/c1-2-5(11)4(7)3-6(8,9)10/h4-5,11H,2-3H2,1H3. The zero-order valence-electron chi connectivity index (χ0n) is 6.03. The average Bonchev–Trinajstić information content (AvgIpc) is 1.82. The molecule has 2 unspecified atom stereocenters. The Kier molecular flexibility index (Phi) is 3.78. The average molecular weight is 174 g/mol. The van der Waals surface area contributed by atoms with Crippen molar-refractivity contribution in [3.8, 4) is 0 Å². The largest absolute Gasteiger partial charge is 0.391 e. The van der Waals surface area contributed by atoms with Crippen LogP contribution in [-0.2, 0) is 0 Å². The van der Waals surface area contributed by atoms with Crippen LogP contribution in [0.1, 0.15) is 19.8 Å². The van der Waals surface area contributed by atoms with Crippen LogP contribution < -0.4 is 0 Å². The normalized spacial score (nSPS) is 18.0. The molecule has 0 aromatic heterocycles. The SMILES string of the molecule is CCC(O)C(F)CC(F)(F)F. The van der Waals surface area contributed by atoms with Crippen molar-refractivity contribution in [1.29, 1.82) is 0 Å². The minimum Gasteiger partial charge on any atom is -0.390 e. The summed E-state index contributed by atoms with van der Waals surface area (Å²) in [6, 6.07) is 0. The third-order valence-electron chi connectivity index (χ3n) is 1.26. The zero-order valence-corrected chi connectivity index (χ0v) is 6.03. The second kappa shape index (κ2) is 3.90. The van der Waals surface area contributed by atoms with Gasteiger partial charge in [-0.25, -0.2) is 4.39 Å². The molecule has 1 N–H and O–H groups in total. The number of alkyl halides is 4. The predicted octanol–water partition coefficient (Wildman–Crippen LogP) is 2.05. The number of hydrogen-bond acceptors (Lipinski definition) is 1. The molecule has 0 aliphatic heterocycles. The molecule has 5 heteroatoms. The lowest BCUT2D eigenvalue weighted by Crippen LogP contribution is -2.26. The molecular formula is C6H10F4O. The third-order valence-corrected chi connectivity index (χ3v) is 1.26. The molecule has 0 bridgehead atoms. The summed E-state index contributed by atoms with van der Waals surface area (Å²) in [5.74, 6) is 0. The molecule has 0 fully saturated rings. The van der Waals surface area contributed by atoms with Crippen LogP contribution in [0.5, 0.6) is 0 Å². The molecule has 0 saturated heterocycles. The van der Waals surface area contributed by atoms with Crippen molar-refractivity contribution in [2.24, 2.45) is 0 Å². The van der Waals surface area contributed by atoms with E-state index in [0.29, 0.717) is 0 Å². The number of aliphatic hydroxyl groups is 1. The van der Waals surface area contributed by atoms with Gasteiger partial charge in [-0.15, -0.1) is 0 Å². The highest BCUT2D eigenvalue weighted by atomic mass is 19.4. The van der Waals surface area contributed by atoms with E-state index in [1.807, 2.05) is 0 Å². The first-order valence-electron chi connectivity index (χ1n) is 3.25. The maximum absolute atomic E-state index is 12.3. The lowest BCUT2D eigenvalue weighted by molar-refractivity contribution is -0.155. The van der Waals surface area contributed by atoms with E-state index in [-0.39, 0.29) is 6.42 Å². The smallest absolute Gasteiger partial charge is 0.390 e. The first kappa shape index (κ1) is 10.7. The van der Waals surface area contributed by atoms with Gasteiger partial charge >= 0.3 is 6.18 Å². The fourth-order valence-corrected chi connectivity index (χ4v) is 0.613. The highest BCUT2D eigenvalue weighted by Crippen LogP contribution is 2.24. The van der Waals surface area contributed by atoms with Gasteiger partial charge in [0.2, 0.25) is 0 Å². The Morgan fingerprint density at radius 1 is 1.36 bits per heavy atom. The van der Waals surface area contributed by atoms with Gasteiger partial charge in [0.15, 0.2) is 0 Å². The Morgan fingerprint density at radius 2 is 1.82 bits per heavy atom. The summed E-state index contributed by atoms with van der Waals surface area (Å²) in [5, 5.41) is 8.61. The van der Waals surface area contributed by atoms with Crippen molar-refractivity contribution in [2.45, 2.75) is 38.2 Å². The van der Waals surface area contributed by atoms with E-state index >= 15 is 0 Å². The number of rotatable bonds is 3. The van der Waals surface area contributed by atoms with E-state index in [1.54, 1.807) is 0 Å². The van der Waals surface area contributed by atoms with Crippen LogP contribution in [0.4, 0.5) is 17.6 Å². The van der Waals surface area contributed by atoms with E-state index in [2.05, 4.69) is 0 Å². The van der Waals surface area contributed by atoms with Crippen LogP contribution >= 0.6 is 0 Å². The molecule has 0 radical (unpaired) electrons. The molecule has 0 aromatic rings. The Labute approximate surface area is 62.0 Å². The van der Waals surface area contributed by atoms with E-state index in [1.165, 1.54) is 6.92 Å². The van der Waals surface area contributed by atoms with Gasteiger partial charge in [-0.05, 0) is 6.42 Å². The Balaban J connectivity index is 3.77. The second-order valence-electron chi connectivity index (χ2n) is 2.31. The van der Waals surface area contributed by atoms with E-state index in [0.717, 1.165) is 0 Å². The van der Waals surface area contributed by atoms with Crippen LogP contribution in [0.25, 0.3) is 0 Å². The molecule has 0 amide bonds. The Morgan fingerprint density at radius 3 is 2.09 bits per heavy atom. The van der Waals surface area contributed by atoms with Crippen LogP contribution in [0.2, 0.25) is 0 Å². The summed E-state index contributed by atoms with van der Waals surface area (Å²) in [6.07, 6.45) is -9.80. The van der Waals surface area contributed by atoms with E-state index < -0.39 is 24.9 Å². The van der Waals surface area contributed by atoms with Gasteiger partial charge in [0.05, 0.1) is 12.5 Å². The topological polar surface area (TPSA) is 20.2 Å². The maximum atomic E-state index is 12.3. The van der Waals surface area contributed by atoms with Crippen molar-refractivity contribution >= 4 is 0 Å². The Bertz CT molecular complexity index is 112. The summed E-state index contributed by atoms with van der Waals surface area (Å²) in [5.41, 5.74) is 0. The van der Waals surface area contributed by atoms with Crippen molar-refractivity contribution in [3.05, 3.63) is 0 Å². The highest BCUT2D eigenvalue weighted by molar-refractivity contribution is 4.69. The number of hydrogen-bond donors (Lipinski definition) is 1. The molecule has 0 heterocycles. The predicted molar refractivity (Wildman–Crippen MR) is 31.9 cm³/mol. The van der Waals surface area contributed by atoms with Gasteiger partial charge in [-0.1, -0.05) is 6.92 Å². The molecule has 1 nitrogen and oxygen atoms in total. The van der Waals surface area contributed by atoms with Gasteiger partial charge < -0.3 is 5.11 Å². The lowest BCUT2D eigenvalue weighted by Gasteiger charge is -2.15. The molecule has 0 spiro atoms. The first-order chi connectivity index (χ1) is 4.87. The van der Waals surface area contributed by atoms with Crippen molar-refractivity contribution < 1.29 is 22.7 Å². The van der Waals surface area contributed by atoms with E-state index in [9.17, 15) is 17.6 Å². The summed E-state index contributed by atoms with van der Waals surface area (Å²) >= 11 is 0. The number of aliphatic hydroxyl groups excluding tert-OH is 1. The van der Waals surface area contributed by atoms with Gasteiger partial charge in [0.25, 0.3) is 0 Å². The van der Waals surface area contributed by atoms with Crippen molar-refractivity contribution in [2.75, 3.05) is 0 Å². The van der Waals surface area contributed by atoms with Gasteiger partial charge in [-0.3, -0.25) is 0 Å². The fraction of sp³-hybridized carbons (Fsp3) is 1.00. The molecule has 0 saturated carbocycles. The second-order valence-corrected chi connectivity index (χ2v) is 2.31. The van der Waals surface area contributed by atoms with Crippen molar-refractivity contribution in [1.82, 2.24) is 0 Å². The first-order valence-corrected chi connectivity index (χ1v) is 3.25. The van der Waals surface area contributed by atoms with Crippen LogP contribution in [-0.4, -0.2) is 23.6 Å². The monoisotopic (exact) mass is 174 g/mol. The molecule has 0 aromatic carbocycles. The molecule has 2 atom stereocenters. The van der Waals surface area contributed by atoms with Gasteiger partial charge in [-0.2, -0.15) is 13.2 Å². The van der Waals surface area contributed by atoms with Crippen LogP contribution in [0.3, 0.4) is 0 Å². The van der Waals surface area contributed by atoms with Gasteiger partial charge in [0, 0.05) is 0 Å². The summed E-state index contributed by atoms with van der Waals surface area (Å²) in [6.45, 7) is 1.42. The van der Waals surface area contributed by atoms with Crippen LogP contribution in [0, 0.1) is 0 Å². The Hall–Kier alpha value is -0.320.